The van der Waals surface area contributed by atoms with Gasteiger partial charge in [0.1, 0.15) is 16.5 Å². The Hall–Kier alpha value is -3.59. The predicted molar refractivity (Wildman–Crippen MR) is 123 cm³/mol. The van der Waals surface area contributed by atoms with Crippen LogP contribution >= 0.6 is 0 Å². The van der Waals surface area contributed by atoms with E-state index in [9.17, 15) is 31.6 Å². The quantitative estimate of drug-likeness (QED) is 0.593. The van der Waals surface area contributed by atoms with Crippen molar-refractivity contribution in [3.05, 3.63) is 69.1 Å². The number of nitriles is 1. The maximum Gasteiger partial charge on any atom is 0.270 e. The minimum absolute atomic E-state index is 0.0137. The molecule has 2 aliphatic carbocycles. The smallest absolute Gasteiger partial charge is 0.270 e. The fourth-order valence-corrected chi connectivity index (χ4v) is 7.12. The fourth-order valence-electron chi connectivity index (χ4n) is 4.62. The van der Waals surface area contributed by atoms with Crippen LogP contribution in [0.3, 0.4) is 0 Å². The molecule has 2 amide bonds. The van der Waals surface area contributed by atoms with Crippen LogP contribution in [0.4, 0.5) is 8.78 Å². The molecule has 2 heterocycles. The third-order valence-electron chi connectivity index (χ3n) is 7.09. The summed E-state index contributed by atoms with van der Waals surface area (Å²) in [5.74, 6) is -4.41. The molecule has 0 saturated heterocycles. The molecule has 5 rings (SSSR count). The highest BCUT2D eigenvalue weighted by Gasteiger charge is 2.71. The van der Waals surface area contributed by atoms with Crippen LogP contribution in [0.1, 0.15) is 51.2 Å². The molecule has 0 bridgehead atoms. The molecule has 1 aromatic heterocycles. The number of aromatic nitrogens is 1. The van der Waals surface area contributed by atoms with E-state index in [4.69, 9.17) is 5.26 Å². The molecule has 188 valence electrons. The summed E-state index contributed by atoms with van der Waals surface area (Å²) < 4.78 is 52.3. The number of alkyl halides is 2. The van der Waals surface area contributed by atoms with Crippen LogP contribution in [0.15, 0.2) is 41.2 Å². The topological polar surface area (TPSA) is 129 Å². The van der Waals surface area contributed by atoms with Crippen molar-refractivity contribution in [3.8, 4) is 6.07 Å². The first-order valence-electron chi connectivity index (χ1n) is 11.4. The largest absolute Gasteiger partial charge is 0.348 e. The Labute approximate surface area is 205 Å². The second kappa shape index (κ2) is 8.23. The molecule has 1 aromatic carbocycles. The SMILES string of the molecule is N#Cc1ccc(CNC(=O)c2ccc3n(c2=O)CCN(CC2(S(=O)(=O)C4CC4(F)F)CC2)C3=O)cc1. The number of hydrogen-bond donors (Lipinski definition) is 1. The van der Waals surface area contributed by atoms with Gasteiger partial charge in [0.05, 0.1) is 16.4 Å². The minimum atomic E-state index is -4.10. The molecule has 1 unspecified atom stereocenters. The van der Waals surface area contributed by atoms with Crippen LogP contribution < -0.4 is 10.9 Å². The standard InChI is InChI=1S/C24H22F2N4O5S/c25-24(26)11-19(24)36(34,35)23(7-8-23)14-29-9-10-30-18(22(29)33)6-5-17(21(30)32)20(31)28-13-16-3-1-15(12-27)2-4-16/h1-6,19H,7-11,13-14H2,(H,28,31). The number of nitrogens with one attached hydrogen (secondary N) is 1. The maximum atomic E-state index is 13.5. The third-order valence-corrected chi connectivity index (χ3v) is 10.1. The lowest BCUT2D eigenvalue weighted by molar-refractivity contribution is 0.0694. The highest BCUT2D eigenvalue weighted by Crippen LogP contribution is 2.56. The number of pyridine rings is 1. The van der Waals surface area contributed by atoms with E-state index in [1.54, 1.807) is 24.3 Å². The summed E-state index contributed by atoms with van der Waals surface area (Å²) in [6.07, 6.45) is -0.243. The van der Waals surface area contributed by atoms with Crippen molar-refractivity contribution in [2.45, 2.75) is 48.3 Å². The molecule has 1 N–H and O–H groups in total. The van der Waals surface area contributed by atoms with Gasteiger partial charge < -0.3 is 14.8 Å². The van der Waals surface area contributed by atoms with Gasteiger partial charge in [0.2, 0.25) is 0 Å². The first-order valence-corrected chi connectivity index (χ1v) is 13.0. The van der Waals surface area contributed by atoms with Crippen molar-refractivity contribution < 1.29 is 26.8 Å². The molecule has 0 radical (unpaired) electrons. The second-order valence-electron chi connectivity index (χ2n) is 9.49. The van der Waals surface area contributed by atoms with E-state index in [-0.39, 0.29) is 50.3 Å². The van der Waals surface area contributed by atoms with Gasteiger partial charge in [-0.2, -0.15) is 5.26 Å². The number of carbonyl (C=O) groups excluding carboxylic acids is 2. The highest BCUT2D eigenvalue weighted by atomic mass is 32.2. The van der Waals surface area contributed by atoms with Crippen molar-refractivity contribution >= 4 is 21.7 Å². The zero-order valence-electron chi connectivity index (χ0n) is 19.0. The Morgan fingerprint density at radius 2 is 1.78 bits per heavy atom. The summed E-state index contributed by atoms with van der Waals surface area (Å²) in [6, 6.07) is 11.2. The second-order valence-corrected chi connectivity index (χ2v) is 12.0. The molecule has 1 aliphatic heterocycles. The number of carbonyl (C=O) groups is 2. The molecule has 3 aliphatic rings. The molecular weight excluding hydrogens is 494 g/mol. The van der Waals surface area contributed by atoms with Gasteiger partial charge in [0, 0.05) is 32.6 Å². The van der Waals surface area contributed by atoms with E-state index in [1.165, 1.54) is 21.6 Å². The molecule has 12 heteroatoms. The maximum absolute atomic E-state index is 13.5. The Morgan fingerprint density at radius 3 is 2.36 bits per heavy atom. The fraction of sp³-hybridized carbons (Fsp3) is 0.417. The summed E-state index contributed by atoms with van der Waals surface area (Å²) in [5, 5.41) is 9.81. The van der Waals surface area contributed by atoms with E-state index >= 15 is 0 Å². The Kier molecular flexibility index (Phi) is 5.51. The van der Waals surface area contributed by atoms with E-state index in [0.717, 1.165) is 5.56 Å². The number of fused-ring (bicyclic) bond motifs is 1. The zero-order chi connectivity index (χ0) is 25.9. The van der Waals surface area contributed by atoms with Crippen molar-refractivity contribution in [1.29, 1.82) is 5.26 Å². The average Bonchev–Trinajstić information content (AvgIpc) is 3.77. The summed E-state index contributed by atoms with van der Waals surface area (Å²) in [5.41, 5.74) is 0.432. The summed E-state index contributed by atoms with van der Waals surface area (Å²) >= 11 is 0. The minimum Gasteiger partial charge on any atom is -0.348 e. The van der Waals surface area contributed by atoms with Crippen molar-refractivity contribution in [3.63, 3.8) is 0 Å². The first kappa shape index (κ1) is 24.1. The summed E-state index contributed by atoms with van der Waals surface area (Å²) in [6.45, 7) is 0.0174. The third kappa shape index (κ3) is 3.97. The van der Waals surface area contributed by atoms with Crippen molar-refractivity contribution in [2.75, 3.05) is 13.1 Å². The molecule has 2 fully saturated rings. The molecule has 2 saturated carbocycles. The van der Waals surface area contributed by atoms with Gasteiger partial charge in [-0.3, -0.25) is 14.4 Å². The number of halogens is 2. The Morgan fingerprint density at radius 1 is 1.11 bits per heavy atom. The highest BCUT2D eigenvalue weighted by molar-refractivity contribution is 7.94. The van der Waals surface area contributed by atoms with Gasteiger partial charge in [-0.15, -0.1) is 0 Å². The normalized spacial score (nSPS) is 21.3. The van der Waals surface area contributed by atoms with Gasteiger partial charge in [-0.05, 0) is 42.7 Å². The number of benzene rings is 1. The van der Waals surface area contributed by atoms with Crippen LogP contribution in [-0.4, -0.2) is 58.7 Å². The van der Waals surface area contributed by atoms with Gasteiger partial charge >= 0.3 is 0 Å². The van der Waals surface area contributed by atoms with E-state index in [2.05, 4.69) is 5.32 Å². The summed E-state index contributed by atoms with van der Waals surface area (Å²) in [4.78, 5) is 39.9. The van der Waals surface area contributed by atoms with Crippen LogP contribution in [0.5, 0.6) is 0 Å². The lowest BCUT2D eigenvalue weighted by Gasteiger charge is -2.32. The van der Waals surface area contributed by atoms with Crippen molar-refractivity contribution in [1.82, 2.24) is 14.8 Å². The van der Waals surface area contributed by atoms with Gasteiger partial charge in [0.15, 0.2) is 9.84 Å². The van der Waals surface area contributed by atoms with Crippen LogP contribution in [-0.2, 0) is 22.9 Å². The molecule has 36 heavy (non-hydrogen) atoms. The first-order chi connectivity index (χ1) is 17.0. The van der Waals surface area contributed by atoms with Crippen LogP contribution in [0, 0.1) is 11.3 Å². The van der Waals surface area contributed by atoms with Crippen LogP contribution in [0.25, 0.3) is 0 Å². The van der Waals surface area contributed by atoms with E-state index < -0.39 is 49.6 Å². The van der Waals surface area contributed by atoms with Gasteiger partial charge in [-0.25, -0.2) is 17.2 Å². The van der Waals surface area contributed by atoms with Crippen molar-refractivity contribution in [2.24, 2.45) is 0 Å². The molecule has 9 nitrogen and oxygen atoms in total. The molecule has 1 atom stereocenters. The van der Waals surface area contributed by atoms with E-state index in [1.807, 2.05) is 6.07 Å². The van der Waals surface area contributed by atoms with Crippen LogP contribution in [0.2, 0.25) is 0 Å². The number of sulfone groups is 1. The van der Waals surface area contributed by atoms with Gasteiger partial charge in [0.25, 0.3) is 23.3 Å². The number of amides is 2. The van der Waals surface area contributed by atoms with E-state index in [0.29, 0.717) is 5.56 Å². The lowest BCUT2D eigenvalue weighted by Crippen LogP contribution is -2.50. The number of rotatable bonds is 7. The molecule has 2 aromatic rings. The predicted octanol–water partition coefficient (Wildman–Crippen LogP) is 1.46. The zero-order valence-corrected chi connectivity index (χ0v) is 19.9. The molecular formula is C24H22F2N4O5S. The molecule has 0 spiro atoms. The lowest BCUT2D eigenvalue weighted by atomic mass is 10.1. The average molecular weight is 517 g/mol. The number of nitrogens with zero attached hydrogens (tertiary/aromatic N) is 3. The Balaban J connectivity index is 1.29. The van der Waals surface area contributed by atoms with Gasteiger partial charge in [-0.1, -0.05) is 12.1 Å². The monoisotopic (exact) mass is 516 g/mol. The summed E-state index contributed by atoms with van der Waals surface area (Å²) in [7, 11) is -4.10. The Bertz CT molecular complexity index is 1470. The number of hydrogen-bond acceptors (Lipinski definition) is 6.